The number of thiazole rings is 1. The van der Waals surface area contributed by atoms with Gasteiger partial charge >= 0.3 is 0 Å². The van der Waals surface area contributed by atoms with E-state index in [4.69, 9.17) is 10.1 Å². The number of nitrogens with one attached hydrogen (secondary N) is 1. The molecule has 1 aliphatic rings. The summed E-state index contributed by atoms with van der Waals surface area (Å²) in [5.74, 6) is 1.04. The normalized spacial score (nSPS) is 15.6. The van der Waals surface area contributed by atoms with Crippen molar-refractivity contribution in [2.75, 3.05) is 7.11 Å². The van der Waals surface area contributed by atoms with Gasteiger partial charge in [-0.25, -0.2) is 0 Å². The van der Waals surface area contributed by atoms with Crippen LogP contribution in [-0.4, -0.2) is 11.7 Å². The third-order valence-electron chi connectivity index (χ3n) is 2.69. The molecule has 0 aromatic carbocycles. The van der Waals surface area contributed by atoms with E-state index < -0.39 is 0 Å². The van der Waals surface area contributed by atoms with Gasteiger partial charge in [0.1, 0.15) is 0 Å². The quantitative estimate of drug-likeness (QED) is 0.860. The largest absolute Gasteiger partial charge is 0.501 e. The Balaban J connectivity index is 2.12. The molecule has 1 N–H and O–H groups in total. The van der Waals surface area contributed by atoms with Crippen molar-refractivity contribution in [1.82, 2.24) is 4.57 Å². The van der Waals surface area contributed by atoms with Crippen molar-refractivity contribution in [2.24, 2.45) is 0 Å². The first-order valence-electron chi connectivity index (χ1n) is 5.33. The Morgan fingerprint density at radius 3 is 2.75 bits per heavy atom. The summed E-state index contributed by atoms with van der Waals surface area (Å²) in [4.78, 5) is 1.81. The van der Waals surface area contributed by atoms with Gasteiger partial charge in [-0.2, -0.15) is 0 Å². The highest BCUT2D eigenvalue weighted by Gasteiger charge is 2.07. The van der Waals surface area contributed by atoms with Crippen LogP contribution in [0, 0.1) is 12.3 Å². The number of aryl methyl sites for hydroxylation is 1. The Bertz CT molecular complexity index is 493. The molecule has 0 saturated carbocycles. The number of hydrogen-bond acceptors (Lipinski definition) is 3. The van der Waals surface area contributed by atoms with Gasteiger partial charge in [-0.3, -0.25) is 5.41 Å². The predicted molar refractivity (Wildman–Crippen MR) is 65.3 cm³/mol. The van der Waals surface area contributed by atoms with Gasteiger partial charge in [0.15, 0.2) is 4.80 Å². The average Bonchev–Trinajstić information content (AvgIpc) is 2.59. The van der Waals surface area contributed by atoms with Crippen LogP contribution >= 0.6 is 11.3 Å². The predicted octanol–water partition coefficient (Wildman–Crippen LogP) is 2.59. The van der Waals surface area contributed by atoms with Crippen molar-refractivity contribution < 1.29 is 4.74 Å². The van der Waals surface area contributed by atoms with Crippen molar-refractivity contribution in [2.45, 2.75) is 26.3 Å². The van der Waals surface area contributed by atoms with E-state index in [0.29, 0.717) is 4.80 Å². The van der Waals surface area contributed by atoms with Crippen LogP contribution in [0.1, 0.15) is 17.7 Å². The van der Waals surface area contributed by atoms with E-state index in [0.717, 1.165) is 25.1 Å². The summed E-state index contributed by atoms with van der Waals surface area (Å²) in [6.45, 7) is 2.87. The maximum Gasteiger partial charge on any atom is 0.182 e. The van der Waals surface area contributed by atoms with Gasteiger partial charge in [-0.05, 0) is 25.0 Å². The Morgan fingerprint density at radius 2 is 2.25 bits per heavy atom. The molecule has 86 valence electrons. The minimum absolute atomic E-state index is 0.625. The van der Waals surface area contributed by atoms with Gasteiger partial charge in [0.25, 0.3) is 0 Å². The number of ether oxygens (including phenoxy) is 1. The summed E-state index contributed by atoms with van der Waals surface area (Å²) in [5.41, 5.74) is 1.36. The van der Waals surface area contributed by atoms with Crippen LogP contribution in [0.2, 0.25) is 0 Å². The highest BCUT2D eigenvalue weighted by molar-refractivity contribution is 7.09. The van der Waals surface area contributed by atoms with Crippen LogP contribution in [0.4, 0.5) is 0 Å². The smallest absolute Gasteiger partial charge is 0.182 e. The lowest BCUT2D eigenvalue weighted by Crippen LogP contribution is -2.14. The highest BCUT2D eigenvalue weighted by atomic mass is 32.1. The second-order valence-corrected chi connectivity index (χ2v) is 5.17. The van der Waals surface area contributed by atoms with E-state index in [1.807, 2.05) is 23.8 Å². The molecule has 0 fully saturated rings. The van der Waals surface area contributed by atoms with Gasteiger partial charge in [0.2, 0.25) is 0 Å². The van der Waals surface area contributed by atoms with E-state index in [-0.39, 0.29) is 0 Å². The van der Waals surface area contributed by atoms with Gasteiger partial charge in [0, 0.05) is 24.0 Å². The molecule has 2 rings (SSSR count). The van der Waals surface area contributed by atoms with Crippen LogP contribution in [0.15, 0.2) is 29.7 Å². The standard InChI is InChI=1S/C12H16N2OS/c1-9-7-14(12(13)16-9)8-10-3-5-11(15-2)6-4-10/h3,5,7,13H,4,6,8H2,1-2H3. The lowest BCUT2D eigenvalue weighted by molar-refractivity contribution is 0.275. The van der Waals surface area contributed by atoms with Crippen molar-refractivity contribution in [3.8, 4) is 0 Å². The molecule has 0 bridgehead atoms. The molecule has 0 saturated heterocycles. The zero-order valence-corrected chi connectivity index (χ0v) is 10.4. The second kappa shape index (κ2) is 4.70. The molecule has 0 spiro atoms. The molecule has 4 heteroatoms. The first-order valence-corrected chi connectivity index (χ1v) is 6.15. The van der Waals surface area contributed by atoms with Crippen LogP contribution in [0.25, 0.3) is 0 Å². The lowest BCUT2D eigenvalue weighted by Gasteiger charge is -2.14. The fourth-order valence-corrected chi connectivity index (χ4v) is 2.53. The van der Waals surface area contributed by atoms with E-state index in [1.165, 1.54) is 21.8 Å². The Kier molecular flexibility index (Phi) is 3.29. The monoisotopic (exact) mass is 236 g/mol. The van der Waals surface area contributed by atoms with Crippen molar-refractivity contribution in [3.63, 3.8) is 0 Å². The summed E-state index contributed by atoms with van der Waals surface area (Å²) in [6, 6.07) is 0. The van der Waals surface area contributed by atoms with Gasteiger partial charge in [0.05, 0.1) is 12.9 Å². The SMILES string of the molecule is COC1=CC=C(Cn2cc(C)sc2=N)CC1. The molecule has 0 unspecified atom stereocenters. The first-order chi connectivity index (χ1) is 7.69. The number of nitrogens with zero attached hydrogens (tertiary/aromatic N) is 1. The van der Waals surface area contributed by atoms with Crippen LogP contribution in [0.5, 0.6) is 0 Å². The van der Waals surface area contributed by atoms with Crippen molar-refractivity contribution in [1.29, 1.82) is 5.41 Å². The molecular formula is C12H16N2OS. The van der Waals surface area contributed by atoms with Gasteiger partial charge in [-0.1, -0.05) is 6.08 Å². The summed E-state index contributed by atoms with van der Waals surface area (Å²) in [7, 11) is 1.71. The van der Waals surface area contributed by atoms with Crippen LogP contribution < -0.4 is 4.80 Å². The summed E-state index contributed by atoms with van der Waals surface area (Å²) in [6.07, 6.45) is 8.19. The molecule has 1 heterocycles. The van der Waals surface area contributed by atoms with E-state index >= 15 is 0 Å². The Morgan fingerprint density at radius 1 is 1.44 bits per heavy atom. The highest BCUT2D eigenvalue weighted by Crippen LogP contribution is 2.19. The molecule has 16 heavy (non-hydrogen) atoms. The number of methoxy groups -OCH3 is 1. The topological polar surface area (TPSA) is 38.0 Å². The lowest BCUT2D eigenvalue weighted by atomic mass is 10.0. The minimum Gasteiger partial charge on any atom is -0.501 e. The zero-order valence-electron chi connectivity index (χ0n) is 9.62. The zero-order chi connectivity index (χ0) is 11.5. The first kappa shape index (κ1) is 11.2. The molecule has 1 aromatic rings. The Hall–Kier alpha value is -1.29. The number of hydrogen-bond donors (Lipinski definition) is 1. The van der Waals surface area contributed by atoms with Crippen LogP contribution in [0.3, 0.4) is 0 Å². The summed E-state index contributed by atoms with van der Waals surface area (Å²) in [5, 5.41) is 7.80. The molecule has 0 amide bonds. The second-order valence-electron chi connectivity index (χ2n) is 3.94. The van der Waals surface area contributed by atoms with Gasteiger partial charge in [-0.15, -0.1) is 11.3 Å². The molecule has 0 radical (unpaired) electrons. The summed E-state index contributed by atoms with van der Waals surface area (Å²) < 4.78 is 7.19. The number of rotatable bonds is 3. The average molecular weight is 236 g/mol. The maximum absolute atomic E-state index is 7.80. The summed E-state index contributed by atoms with van der Waals surface area (Å²) >= 11 is 1.53. The van der Waals surface area contributed by atoms with E-state index in [1.54, 1.807) is 7.11 Å². The van der Waals surface area contributed by atoms with Crippen LogP contribution in [-0.2, 0) is 11.3 Å². The Labute approximate surface area is 99.2 Å². The number of aromatic nitrogens is 1. The molecular weight excluding hydrogens is 220 g/mol. The fraction of sp³-hybridized carbons (Fsp3) is 0.417. The maximum atomic E-state index is 7.80. The fourth-order valence-electron chi connectivity index (χ4n) is 1.81. The van der Waals surface area contributed by atoms with E-state index in [2.05, 4.69) is 6.08 Å². The van der Waals surface area contributed by atoms with Crippen molar-refractivity contribution in [3.05, 3.63) is 39.4 Å². The van der Waals surface area contributed by atoms with Gasteiger partial charge < -0.3 is 9.30 Å². The molecule has 0 atom stereocenters. The van der Waals surface area contributed by atoms with E-state index in [9.17, 15) is 0 Å². The number of allylic oxidation sites excluding steroid dienone is 4. The third-order valence-corrected chi connectivity index (χ3v) is 3.54. The molecule has 1 aliphatic carbocycles. The molecule has 0 aliphatic heterocycles. The molecule has 1 aromatic heterocycles. The molecule has 3 nitrogen and oxygen atoms in total. The van der Waals surface area contributed by atoms with Crippen molar-refractivity contribution >= 4 is 11.3 Å². The minimum atomic E-state index is 0.625. The third kappa shape index (κ3) is 2.44.